The Morgan fingerprint density at radius 2 is 0.797 bits per heavy atom. The van der Waals surface area contributed by atoms with E-state index in [9.17, 15) is 62.1 Å². The number of phenolic OH excluding ortho intramolecular Hbond substituents is 2. The smallest absolute Gasteiger partial charge is 0.296 e. The van der Waals surface area contributed by atoms with Gasteiger partial charge < -0.3 is 31.2 Å². The molecule has 30 heteroatoms. The molecule has 0 aliphatic heterocycles. The summed E-state index contributed by atoms with van der Waals surface area (Å²) in [6.07, 6.45) is 0. The summed E-state index contributed by atoms with van der Waals surface area (Å²) in [5, 5.41) is 36.6. The minimum absolute atomic E-state index is 0. The molecular weight excluding hydrogens is 969 g/mol. The van der Waals surface area contributed by atoms with Crippen LogP contribution in [0.5, 0.6) is 23.0 Å². The van der Waals surface area contributed by atoms with Crippen LogP contribution in [0.25, 0.3) is 32.7 Å². The fraction of sp³-hybridized carbons (Fsp3) is 0.0588. The first-order valence-corrected chi connectivity index (χ1v) is 21.9. The third-order valence-corrected chi connectivity index (χ3v) is 12.1. The Labute approximate surface area is 452 Å². The number of ether oxygens (including phenoxy) is 2. The Balaban J connectivity index is 0.00000352. The number of fused-ring (bicyclic) bond motifs is 2. The van der Waals surface area contributed by atoms with E-state index in [4.69, 9.17) is 20.9 Å². The Morgan fingerprint density at radius 3 is 1.08 bits per heavy atom. The molecule has 0 bridgehead atoms. The molecule has 0 fully saturated rings. The number of aromatic hydroxyl groups is 2. The first kappa shape index (κ1) is 57.6. The molecule has 0 saturated carbocycles. The van der Waals surface area contributed by atoms with Crippen molar-refractivity contribution in [3.05, 3.63) is 72.8 Å². The van der Waals surface area contributed by atoms with Gasteiger partial charge in [0.05, 0.1) is 24.0 Å². The molecule has 0 saturated heterocycles. The van der Waals surface area contributed by atoms with Gasteiger partial charge in [0.15, 0.2) is 11.5 Å². The van der Waals surface area contributed by atoms with Crippen molar-refractivity contribution in [3.8, 4) is 34.1 Å². The number of nitrogens with zero attached hydrogens (tertiary/aromatic N) is 4. The van der Waals surface area contributed by atoms with E-state index in [2.05, 4.69) is 20.5 Å². The normalized spacial score (nSPS) is 12.0. The summed E-state index contributed by atoms with van der Waals surface area (Å²) in [6.45, 7) is 0. The molecule has 0 heterocycles. The fourth-order valence-electron chi connectivity index (χ4n) is 5.95. The maximum Gasteiger partial charge on any atom is 0.296 e. The van der Waals surface area contributed by atoms with E-state index in [0.717, 1.165) is 36.4 Å². The van der Waals surface area contributed by atoms with Gasteiger partial charge in [0.1, 0.15) is 44.0 Å². The average molecular weight is 997 g/mol. The zero-order valence-corrected chi connectivity index (χ0v) is 45.5. The third-order valence-electron chi connectivity index (χ3n) is 8.67. The van der Waals surface area contributed by atoms with E-state index in [0.29, 0.717) is 11.1 Å². The van der Waals surface area contributed by atoms with Gasteiger partial charge in [-0.1, -0.05) is 12.1 Å². The number of methoxy groups -OCH3 is 2. The molecule has 0 unspecified atom stereocenters. The SMILES string of the molecule is COc1cc(-c2ccc(N=Nc3c(S(=O)(=O)O)cc4cc(S(=O)(=O)O)cc(N)c4c3O)c(OC)c2)ccc1N=Nc1c(S(=O)(=O)O)cc2cc(S(=O)(=O)O)cc(N)c2c1O.[Na].[Na].[Na].[Na]. The summed E-state index contributed by atoms with van der Waals surface area (Å²) in [4.78, 5) is -3.39. The summed E-state index contributed by atoms with van der Waals surface area (Å²) in [5.74, 6) is -1.69. The summed E-state index contributed by atoms with van der Waals surface area (Å²) >= 11 is 0. The van der Waals surface area contributed by atoms with Gasteiger partial charge in [0.2, 0.25) is 0 Å². The van der Waals surface area contributed by atoms with Crippen LogP contribution in [0.4, 0.5) is 34.1 Å². The molecule has 0 amide bonds. The number of benzene rings is 6. The summed E-state index contributed by atoms with van der Waals surface area (Å²) in [6, 6.07) is 13.6. The Hall–Kier alpha value is -2.52. The molecule has 22 nitrogen and oxygen atoms in total. The molecule has 6 rings (SSSR count). The van der Waals surface area contributed by atoms with Crippen molar-refractivity contribution in [2.45, 2.75) is 19.6 Å². The van der Waals surface area contributed by atoms with Crippen LogP contribution in [-0.2, 0) is 40.5 Å². The van der Waals surface area contributed by atoms with Crippen molar-refractivity contribution >= 4 is 214 Å². The van der Waals surface area contributed by atoms with Crippen LogP contribution in [-0.4, -0.2) is 195 Å². The van der Waals surface area contributed by atoms with Gasteiger partial charge in [0, 0.05) is 140 Å². The average Bonchev–Trinajstić information content (AvgIpc) is 3.14. The van der Waals surface area contributed by atoms with Crippen LogP contribution in [0.3, 0.4) is 0 Å². The first-order valence-electron chi connectivity index (χ1n) is 16.1. The molecule has 0 spiro atoms. The first-order chi connectivity index (χ1) is 27.8. The molecule has 6 aromatic carbocycles. The molecular formula is C34H28N6Na4O16S4. The molecule has 0 aliphatic rings. The van der Waals surface area contributed by atoms with E-state index < -0.39 is 82.9 Å². The second-order valence-electron chi connectivity index (χ2n) is 12.4. The number of nitrogen functional groups attached to an aromatic ring is 2. The summed E-state index contributed by atoms with van der Waals surface area (Å²) < 4.78 is 146. The van der Waals surface area contributed by atoms with E-state index >= 15 is 0 Å². The number of azo groups is 2. The van der Waals surface area contributed by atoms with E-state index in [1.165, 1.54) is 50.6 Å². The molecule has 318 valence electrons. The van der Waals surface area contributed by atoms with Crippen LogP contribution in [0, 0.1) is 0 Å². The predicted molar refractivity (Wildman–Crippen MR) is 236 cm³/mol. The maximum absolute atomic E-state index is 12.3. The number of hydrogen-bond donors (Lipinski definition) is 8. The van der Waals surface area contributed by atoms with E-state index in [1.54, 1.807) is 0 Å². The van der Waals surface area contributed by atoms with Gasteiger partial charge in [0.25, 0.3) is 40.5 Å². The number of hydrogen-bond acceptors (Lipinski definition) is 18. The Bertz CT molecular complexity index is 3140. The Kier molecular flexibility index (Phi) is 19.5. The topological polar surface area (TPSA) is 378 Å². The second-order valence-corrected chi connectivity index (χ2v) is 18.1. The van der Waals surface area contributed by atoms with Gasteiger partial charge in [-0.25, -0.2) is 0 Å². The van der Waals surface area contributed by atoms with Crippen molar-refractivity contribution in [2.24, 2.45) is 20.5 Å². The Morgan fingerprint density at radius 1 is 0.469 bits per heavy atom. The standard InChI is InChI=1S/C34H28N6O16S4.4Na/c1-55-25-9-15(3-5-23(25)37-39-31-27(59(49,50)51)11-17-7-19(57(43,44)45)13-21(35)29(17)33(31)41)16-4-6-24(26(10-16)56-2)38-40-32-28(60(52,53)54)12-18-8-20(58(46,47)48)14-22(36)30(18)34(32)42;;;;/h3-14,41-42H,35-36H2,1-2H3,(H,43,44,45)(H,46,47,48)(H,49,50,51)(H,52,53,54);;;;. The van der Waals surface area contributed by atoms with Gasteiger partial charge in [-0.2, -0.15) is 33.7 Å². The molecule has 10 N–H and O–H groups in total. The second kappa shape index (κ2) is 21.6. The maximum atomic E-state index is 12.3. The number of rotatable bonds is 11. The van der Waals surface area contributed by atoms with Gasteiger partial charge >= 0.3 is 0 Å². The fourth-order valence-corrected chi connectivity index (χ4v) is 8.37. The molecule has 0 atom stereocenters. The largest absolute Gasteiger partial charge is 0.505 e. The minimum atomic E-state index is -5.13. The van der Waals surface area contributed by atoms with Crippen molar-refractivity contribution in [2.75, 3.05) is 25.7 Å². The summed E-state index contributed by atoms with van der Waals surface area (Å²) in [5.41, 5.74) is 10.4. The van der Waals surface area contributed by atoms with Crippen LogP contribution in [0.1, 0.15) is 0 Å². The van der Waals surface area contributed by atoms with Crippen molar-refractivity contribution in [1.29, 1.82) is 0 Å². The monoisotopic (exact) mass is 996 g/mol. The van der Waals surface area contributed by atoms with Gasteiger partial charge in [-0.05, 0) is 82.6 Å². The molecule has 0 aromatic heterocycles. The predicted octanol–water partition coefficient (Wildman–Crippen LogP) is 4.55. The molecule has 64 heavy (non-hydrogen) atoms. The molecule has 4 radical (unpaired) electrons. The van der Waals surface area contributed by atoms with Crippen molar-refractivity contribution in [1.82, 2.24) is 0 Å². The van der Waals surface area contributed by atoms with E-state index in [-0.39, 0.29) is 174 Å². The van der Waals surface area contributed by atoms with Gasteiger partial charge in [-0.15, -0.1) is 20.5 Å². The summed E-state index contributed by atoms with van der Waals surface area (Å²) in [7, 11) is -17.3. The zero-order chi connectivity index (χ0) is 44.3. The molecule has 6 aromatic rings. The third kappa shape index (κ3) is 12.1. The number of anilines is 2. The van der Waals surface area contributed by atoms with Crippen LogP contribution >= 0.6 is 0 Å². The quantitative estimate of drug-likeness (QED) is 0.0382. The zero-order valence-electron chi connectivity index (χ0n) is 34.3. The minimum Gasteiger partial charge on any atom is -0.505 e. The van der Waals surface area contributed by atoms with Crippen LogP contribution < -0.4 is 20.9 Å². The number of nitrogens with two attached hydrogens (primary N) is 2. The van der Waals surface area contributed by atoms with Gasteiger partial charge in [-0.3, -0.25) is 18.2 Å². The van der Waals surface area contributed by atoms with Crippen molar-refractivity contribution < 1.29 is 71.6 Å². The van der Waals surface area contributed by atoms with Crippen molar-refractivity contribution in [3.63, 3.8) is 0 Å². The number of phenols is 2. The van der Waals surface area contributed by atoms with Crippen LogP contribution in [0.15, 0.2) is 113 Å². The van der Waals surface area contributed by atoms with Crippen LogP contribution in [0.2, 0.25) is 0 Å². The molecule has 0 aliphatic carbocycles. The van der Waals surface area contributed by atoms with E-state index in [1.807, 2.05) is 0 Å².